The molecule has 1 aliphatic heterocycles. The van der Waals surface area contributed by atoms with Crippen LogP contribution in [0.5, 0.6) is 0 Å². The predicted octanol–water partition coefficient (Wildman–Crippen LogP) is 0.0384. The SMILES string of the molecule is O=C(O)C1CNCCN1C1CCCCCC1O. The van der Waals surface area contributed by atoms with E-state index >= 15 is 0 Å². The lowest BCUT2D eigenvalue weighted by atomic mass is 10.0. The lowest BCUT2D eigenvalue weighted by Crippen LogP contribution is -2.60. The van der Waals surface area contributed by atoms with Gasteiger partial charge in [0.05, 0.1) is 6.10 Å². The Morgan fingerprint density at radius 1 is 1.24 bits per heavy atom. The van der Waals surface area contributed by atoms with E-state index < -0.39 is 12.0 Å². The molecule has 3 atom stereocenters. The molecule has 0 aromatic rings. The van der Waals surface area contributed by atoms with E-state index in [1.165, 1.54) is 0 Å². The Kier molecular flexibility index (Phi) is 4.36. The highest BCUT2D eigenvalue weighted by Gasteiger charge is 2.36. The first kappa shape index (κ1) is 12.8. The second-order valence-electron chi connectivity index (χ2n) is 5.07. The van der Waals surface area contributed by atoms with Gasteiger partial charge in [0.2, 0.25) is 0 Å². The van der Waals surface area contributed by atoms with Crippen LogP contribution in [0.15, 0.2) is 0 Å². The Morgan fingerprint density at radius 2 is 2.00 bits per heavy atom. The first-order chi connectivity index (χ1) is 8.20. The minimum atomic E-state index is -0.784. The highest BCUT2D eigenvalue weighted by atomic mass is 16.4. The molecule has 0 amide bonds. The van der Waals surface area contributed by atoms with Gasteiger partial charge in [0, 0.05) is 25.7 Å². The van der Waals surface area contributed by atoms with Gasteiger partial charge in [-0.25, -0.2) is 0 Å². The van der Waals surface area contributed by atoms with Crippen molar-refractivity contribution in [1.29, 1.82) is 0 Å². The van der Waals surface area contributed by atoms with Gasteiger partial charge in [0.1, 0.15) is 6.04 Å². The van der Waals surface area contributed by atoms with E-state index in [0.717, 1.165) is 45.2 Å². The van der Waals surface area contributed by atoms with Crippen molar-refractivity contribution in [3.63, 3.8) is 0 Å². The maximum absolute atomic E-state index is 11.2. The molecule has 0 radical (unpaired) electrons. The van der Waals surface area contributed by atoms with Crippen LogP contribution in [-0.2, 0) is 4.79 Å². The average Bonchev–Trinajstić information content (AvgIpc) is 2.54. The van der Waals surface area contributed by atoms with Gasteiger partial charge in [-0.2, -0.15) is 0 Å². The van der Waals surface area contributed by atoms with Crippen LogP contribution in [0.4, 0.5) is 0 Å². The van der Waals surface area contributed by atoms with Gasteiger partial charge in [0.25, 0.3) is 0 Å². The molecule has 0 bridgehead atoms. The molecule has 17 heavy (non-hydrogen) atoms. The molecule has 98 valence electrons. The van der Waals surface area contributed by atoms with Crippen molar-refractivity contribution in [2.45, 2.75) is 50.3 Å². The molecule has 2 aliphatic rings. The van der Waals surface area contributed by atoms with Crippen LogP contribution in [-0.4, -0.2) is 58.9 Å². The summed E-state index contributed by atoms with van der Waals surface area (Å²) in [6.07, 6.45) is 4.67. The van der Waals surface area contributed by atoms with Crippen molar-refractivity contribution in [3.8, 4) is 0 Å². The first-order valence-corrected chi connectivity index (χ1v) is 6.57. The number of nitrogens with zero attached hydrogens (tertiary/aromatic N) is 1. The molecule has 1 saturated heterocycles. The van der Waals surface area contributed by atoms with Gasteiger partial charge >= 0.3 is 5.97 Å². The molecule has 0 spiro atoms. The normalized spacial score (nSPS) is 36.4. The highest BCUT2D eigenvalue weighted by Crippen LogP contribution is 2.24. The summed E-state index contributed by atoms with van der Waals surface area (Å²) in [5.74, 6) is -0.784. The fraction of sp³-hybridized carbons (Fsp3) is 0.917. The maximum atomic E-state index is 11.2. The van der Waals surface area contributed by atoms with Crippen molar-refractivity contribution in [2.24, 2.45) is 0 Å². The Bertz CT molecular complexity index is 272. The van der Waals surface area contributed by atoms with Crippen molar-refractivity contribution in [2.75, 3.05) is 19.6 Å². The molecular weight excluding hydrogens is 220 g/mol. The third-order valence-corrected chi connectivity index (χ3v) is 3.94. The number of piperazine rings is 1. The van der Waals surface area contributed by atoms with Gasteiger partial charge in [0.15, 0.2) is 0 Å². The summed E-state index contributed by atoms with van der Waals surface area (Å²) >= 11 is 0. The Balaban J connectivity index is 2.08. The van der Waals surface area contributed by atoms with Crippen molar-refractivity contribution < 1.29 is 15.0 Å². The zero-order chi connectivity index (χ0) is 12.3. The van der Waals surface area contributed by atoms with E-state index in [0.29, 0.717) is 6.54 Å². The van der Waals surface area contributed by atoms with E-state index in [1.54, 1.807) is 0 Å². The van der Waals surface area contributed by atoms with E-state index in [1.807, 2.05) is 4.90 Å². The van der Waals surface area contributed by atoms with Crippen molar-refractivity contribution in [3.05, 3.63) is 0 Å². The molecule has 3 N–H and O–H groups in total. The molecule has 2 rings (SSSR count). The van der Waals surface area contributed by atoms with Gasteiger partial charge in [-0.1, -0.05) is 19.3 Å². The lowest BCUT2D eigenvalue weighted by molar-refractivity contribution is -0.146. The minimum Gasteiger partial charge on any atom is -0.480 e. The fourth-order valence-corrected chi connectivity index (χ4v) is 3.00. The van der Waals surface area contributed by atoms with Crippen LogP contribution < -0.4 is 5.32 Å². The van der Waals surface area contributed by atoms with Gasteiger partial charge in [-0.3, -0.25) is 9.69 Å². The van der Waals surface area contributed by atoms with Gasteiger partial charge < -0.3 is 15.5 Å². The zero-order valence-electron chi connectivity index (χ0n) is 10.1. The summed E-state index contributed by atoms with van der Waals surface area (Å²) in [5, 5.41) is 22.5. The number of carbonyl (C=O) groups is 1. The van der Waals surface area contributed by atoms with Crippen LogP contribution in [0.3, 0.4) is 0 Å². The van der Waals surface area contributed by atoms with Gasteiger partial charge in [-0.05, 0) is 12.8 Å². The summed E-state index contributed by atoms with van der Waals surface area (Å²) in [5.41, 5.74) is 0. The molecule has 1 aliphatic carbocycles. The Morgan fingerprint density at radius 3 is 2.76 bits per heavy atom. The van der Waals surface area contributed by atoms with Crippen LogP contribution in [0.25, 0.3) is 0 Å². The van der Waals surface area contributed by atoms with E-state index in [4.69, 9.17) is 0 Å². The van der Waals surface area contributed by atoms with E-state index in [-0.39, 0.29) is 12.1 Å². The number of rotatable bonds is 2. The minimum absolute atomic E-state index is 0.0284. The molecule has 2 fully saturated rings. The third kappa shape index (κ3) is 2.97. The number of aliphatic hydroxyl groups excluding tert-OH is 1. The lowest BCUT2D eigenvalue weighted by Gasteiger charge is -2.40. The average molecular weight is 242 g/mol. The maximum Gasteiger partial charge on any atom is 0.322 e. The predicted molar refractivity (Wildman–Crippen MR) is 63.9 cm³/mol. The molecule has 1 saturated carbocycles. The number of aliphatic carboxylic acids is 1. The fourth-order valence-electron chi connectivity index (χ4n) is 3.00. The van der Waals surface area contributed by atoms with E-state index in [9.17, 15) is 15.0 Å². The van der Waals surface area contributed by atoms with Crippen LogP contribution in [0.2, 0.25) is 0 Å². The Labute approximate surface area is 102 Å². The summed E-state index contributed by atoms with van der Waals surface area (Å²) in [4.78, 5) is 13.2. The highest BCUT2D eigenvalue weighted by molar-refractivity contribution is 5.74. The monoisotopic (exact) mass is 242 g/mol. The standard InChI is InChI=1S/C12H22N2O3/c15-11-5-3-1-2-4-9(11)14-7-6-13-8-10(14)12(16)17/h9-11,13,15H,1-8H2,(H,16,17). The summed E-state index contributed by atoms with van der Waals surface area (Å²) in [7, 11) is 0. The summed E-state index contributed by atoms with van der Waals surface area (Å²) < 4.78 is 0. The number of carboxylic acid groups (broad SMARTS) is 1. The van der Waals surface area contributed by atoms with Crippen molar-refractivity contribution in [1.82, 2.24) is 10.2 Å². The molecule has 5 heteroatoms. The quantitative estimate of drug-likeness (QED) is 0.596. The number of aliphatic hydroxyl groups is 1. The smallest absolute Gasteiger partial charge is 0.322 e. The number of hydrogen-bond donors (Lipinski definition) is 3. The topological polar surface area (TPSA) is 72.8 Å². The largest absolute Gasteiger partial charge is 0.480 e. The van der Waals surface area contributed by atoms with E-state index in [2.05, 4.69) is 5.32 Å². The zero-order valence-corrected chi connectivity index (χ0v) is 10.1. The molecular formula is C12H22N2O3. The first-order valence-electron chi connectivity index (χ1n) is 6.57. The second-order valence-corrected chi connectivity index (χ2v) is 5.07. The van der Waals surface area contributed by atoms with Crippen molar-refractivity contribution >= 4 is 5.97 Å². The number of nitrogens with one attached hydrogen (secondary N) is 1. The summed E-state index contributed by atoms with van der Waals surface area (Å²) in [6.45, 7) is 2.02. The molecule has 1 heterocycles. The molecule has 0 aromatic heterocycles. The third-order valence-electron chi connectivity index (χ3n) is 3.94. The molecule has 0 aromatic carbocycles. The van der Waals surface area contributed by atoms with Crippen LogP contribution >= 0.6 is 0 Å². The van der Waals surface area contributed by atoms with Crippen LogP contribution in [0, 0.1) is 0 Å². The Hall–Kier alpha value is -0.650. The molecule has 5 nitrogen and oxygen atoms in total. The van der Waals surface area contributed by atoms with Crippen LogP contribution in [0.1, 0.15) is 32.1 Å². The number of carboxylic acids is 1. The summed E-state index contributed by atoms with van der Waals surface area (Å²) in [6, 6.07) is -0.456. The molecule has 3 unspecified atom stereocenters. The second kappa shape index (κ2) is 5.80. The number of hydrogen-bond acceptors (Lipinski definition) is 4. The van der Waals surface area contributed by atoms with Gasteiger partial charge in [-0.15, -0.1) is 0 Å².